The van der Waals surface area contributed by atoms with Crippen molar-refractivity contribution in [2.45, 2.75) is 19.4 Å². The Bertz CT molecular complexity index is 709. The molecule has 1 aromatic carbocycles. The van der Waals surface area contributed by atoms with Crippen molar-refractivity contribution in [2.24, 2.45) is 0 Å². The molecule has 1 aliphatic heterocycles. The molecule has 1 unspecified atom stereocenters. The van der Waals surface area contributed by atoms with Crippen molar-refractivity contribution in [1.29, 1.82) is 0 Å². The summed E-state index contributed by atoms with van der Waals surface area (Å²) in [4.78, 5) is 13.6. The third kappa shape index (κ3) is 4.23. The smallest absolute Gasteiger partial charge is 0.238 e. The molecule has 1 heterocycles. The van der Waals surface area contributed by atoms with Gasteiger partial charge in [-0.15, -0.1) is 0 Å². The van der Waals surface area contributed by atoms with Gasteiger partial charge in [0.1, 0.15) is 0 Å². The number of carbonyl (C=O) groups excluding carboxylic acids is 1. The van der Waals surface area contributed by atoms with Crippen molar-refractivity contribution < 1.29 is 26.4 Å². The minimum absolute atomic E-state index is 0.0202. The molecule has 9 heteroatoms. The van der Waals surface area contributed by atoms with Crippen LogP contribution in [0.15, 0.2) is 12.1 Å². The van der Waals surface area contributed by atoms with Gasteiger partial charge >= 0.3 is 0 Å². The molecule has 1 saturated heterocycles. The van der Waals surface area contributed by atoms with Crippen LogP contribution in [0.2, 0.25) is 0 Å². The highest BCUT2D eigenvalue weighted by Crippen LogP contribution is 2.20. The van der Waals surface area contributed by atoms with Gasteiger partial charge in [-0.1, -0.05) is 6.92 Å². The predicted molar refractivity (Wildman–Crippen MR) is 79.3 cm³/mol. The van der Waals surface area contributed by atoms with Gasteiger partial charge in [0.25, 0.3) is 0 Å². The van der Waals surface area contributed by atoms with Gasteiger partial charge in [0.2, 0.25) is 5.91 Å². The standard InChI is InChI=1S/C14H17F3N2O3S/c1-2-19(9-5-6-23(21,22)8-9)7-12(20)18-11-4-3-10(15)13(16)14(11)17/h3-4,9H,2,5-8H2,1H3,(H,18,20). The number of hydrogen-bond donors (Lipinski definition) is 1. The summed E-state index contributed by atoms with van der Waals surface area (Å²) >= 11 is 0. The average Bonchev–Trinajstić information content (AvgIpc) is 2.85. The lowest BCUT2D eigenvalue weighted by Gasteiger charge is -2.25. The maximum atomic E-state index is 13.5. The number of sulfone groups is 1. The van der Waals surface area contributed by atoms with Crippen molar-refractivity contribution in [3.63, 3.8) is 0 Å². The normalized spacial score (nSPS) is 20.0. The van der Waals surface area contributed by atoms with Gasteiger partial charge in [0.05, 0.1) is 23.7 Å². The Kier molecular flexibility index (Phi) is 5.30. The van der Waals surface area contributed by atoms with E-state index in [1.54, 1.807) is 11.8 Å². The van der Waals surface area contributed by atoms with Gasteiger partial charge in [-0.3, -0.25) is 9.69 Å². The molecular weight excluding hydrogens is 333 g/mol. The molecular formula is C14H17F3N2O3S. The molecule has 0 spiro atoms. The third-order valence-corrected chi connectivity index (χ3v) is 5.54. The van der Waals surface area contributed by atoms with Crippen LogP contribution in [0.5, 0.6) is 0 Å². The van der Waals surface area contributed by atoms with E-state index in [-0.39, 0.29) is 24.1 Å². The average molecular weight is 350 g/mol. The Morgan fingerprint density at radius 1 is 1.30 bits per heavy atom. The number of halogens is 3. The number of rotatable bonds is 5. The van der Waals surface area contributed by atoms with Crippen LogP contribution in [0.4, 0.5) is 18.9 Å². The van der Waals surface area contributed by atoms with Gasteiger partial charge in [-0.05, 0) is 25.1 Å². The molecule has 2 rings (SSSR count). The number of amides is 1. The van der Waals surface area contributed by atoms with Crippen LogP contribution in [0.25, 0.3) is 0 Å². The highest BCUT2D eigenvalue weighted by atomic mass is 32.2. The second kappa shape index (κ2) is 6.88. The summed E-state index contributed by atoms with van der Waals surface area (Å²) in [5.74, 6) is -5.03. The SMILES string of the molecule is CCN(CC(=O)Nc1ccc(F)c(F)c1F)C1CCS(=O)(=O)C1. The molecule has 0 bridgehead atoms. The lowest BCUT2D eigenvalue weighted by Crippen LogP contribution is -2.41. The number of anilines is 1. The van der Waals surface area contributed by atoms with E-state index < -0.39 is 38.9 Å². The maximum absolute atomic E-state index is 13.5. The highest BCUT2D eigenvalue weighted by molar-refractivity contribution is 7.91. The fourth-order valence-electron chi connectivity index (χ4n) is 2.56. The number of benzene rings is 1. The Labute approximate surface area is 132 Å². The van der Waals surface area contributed by atoms with Crippen LogP contribution in [-0.4, -0.2) is 49.9 Å². The zero-order chi connectivity index (χ0) is 17.2. The first kappa shape index (κ1) is 17.7. The maximum Gasteiger partial charge on any atom is 0.238 e. The Morgan fingerprint density at radius 2 is 2.00 bits per heavy atom. The van der Waals surface area contributed by atoms with E-state index in [1.165, 1.54) is 0 Å². The van der Waals surface area contributed by atoms with E-state index >= 15 is 0 Å². The van der Waals surface area contributed by atoms with Gasteiger partial charge in [-0.2, -0.15) is 0 Å². The molecule has 0 radical (unpaired) electrons. The number of nitrogens with one attached hydrogen (secondary N) is 1. The monoisotopic (exact) mass is 350 g/mol. The Hall–Kier alpha value is -1.61. The Balaban J connectivity index is 2.02. The summed E-state index contributed by atoms with van der Waals surface area (Å²) < 4.78 is 62.5. The van der Waals surface area contributed by atoms with Crippen molar-refractivity contribution in [2.75, 3.05) is 29.9 Å². The Morgan fingerprint density at radius 3 is 2.57 bits per heavy atom. The first-order chi connectivity index (χ1) is 10.7. The topological polar surface area (TPSA) is 66.5 Å². The van der Waals surface area contributed by atoms with Crippen LogP contribution < -0.4 is 5.32 Å². The van der Waals surface area contributed by atoms with Crippen molar-refractivity contribution in [1.82, 2.24) is 4.90 Å². The van der Waals surface area contributed by atoms with Crippen LogP contribution in [0, 0.1) is 17.5 Å². The van der Waals surface area contributed by atoms with Crippen molar-refractivity contribution in [3.8, 4) is 0 Å². The summed E-state index contributed by atoms with van der Waals surface area (Å²) in [6.45, 7) is 2.05. The minimum atomic E-state index is -3.09. The minimum Gasteiger partial charge on any atom is -0.322 e. The van der Waals surface area contributed by atoms with E-state index in [0.29, 0.717) is 13.0 Å². The van der Waals surface area contributed by atoms with Gasteiger partial charge in [-0.25, -0.2) is 21.6 Å². The molecule has 1 amide bonds. The third-order valence-electron chi connectivity index (χ3n) is 3.79. The van der Waals surface area contributed by atoms with E-state index in [4.69, 9.17) is 0 Å². The summed E-state index contributed by atoms with van der Waals surface area (Å²) in [6.07, 6.45) is 0.434. The van der Waals surface area contributed by atoms with E-state index in [2.05, 4.69) is 5.32 Å². The molecule has 1 N–H and O–H groups in total. The zero-order valence-corrected chi connectivity index (χ0v) is 13.3. The van der Waals surface area contributed by atoms with Crippen LogP contribution in [0.1, 0.15) is 13.3 Å². The van der Waals surface area contributed by atoms with Crippen LogP contribution in [-0.2, 0) is 14.6 Å². The number of hydrogen-bond acceptors (Lipinski definition) is 4. The molecule has 1 fully saturated rings. The molecule has 128 valence electrons. The largest absolute Gasteiger partial charge is 0.322 e. The van der Waals surface area contributed by atoms with Gasteiger partial charge in [0, 0.05) is 6.04 Å². The predicted octanol–water partition coefficient (Wildman–Crippen LogP) is 1.55. The second-order valence-electron chi connectivity index (χ2n) is 5.39. The number of nitrogens with zero attached hydrogens (tertiary/aromatic N) is 1. The molecule has 0 aliphatic carbocycles. The lowest BCUT2D eigenvalue weighted by atomic mass is 10.2. The molecule has 1 aromatic rings. The molecule has 23 heavy (non-hydrogen) atoms. The lowest BCUT2D eigenvalue weighted by molar-refractivity contribution is -0.117. The van der Waals surface area contributed by atoms with E-state index in [1.807, 2.05) is 0 Å². The van der Waals surface area contributed by atoms with Gasteiger partial charge in [0.15, 0.2) is 27.3 Å². The first-order valence-electron chi connectivity index (χ1n) is 7.11. The second-order valence-corrected chi connectivity index (χ2v) is 7.62. The molecule has 1 atom stereocenters. The fraction of sp³-hybridized carbons (Fsp3) is 0.500. The molecule has 0 aromatic heterocycles. The number of likely N-dealkylation sites (N-methyl/N-ethyl adjacent to an activating group) is 1. The van der Waals surface area contributed by atoms with Crippen LogP contribution >= 0.6 is 0 Å². The number of carbonyl (C=O) groups is 1. The van der Waals surface area contributed by atoms with Crippen LogP contribution in [0.3, 0.4) is 0 Å². The van der Waals surface area contributed by atoms with E-state index in [0.717, 1.165) is 12.1 Å². The zero-order valence-electron chi connectivity index (χ0n) is 12.5. The van der Waals surface area contributed by atoms with Gasteiger partial charge < -0.3 is 5.32 Å². The van der Waals surface area contributed by atoms with E-state index in [9.17, 15) is 26.4 Å². The summed E-state index contributed by atoms with van der Waals surface area (Å²) in [6, 6.07) is 1.38. The summed E-state index contributed by atoms with van der Waals surface area (Å²) in [7, 11) is -3.09. The quantitative estimate of drug-likeness (QED) is 0.819. The first-order valence-corrected chi connectivity index (χ1v) is 8.93. The summed E-state index contributed by atoms with van der Waals surface area (Å²) in [5, 5.41) is 2.18. The molecule has 5 nitrogen and oxygen atoms in total. The molecule has 1 aliphatic rings. The van der Waals surface area contributed by atoms with Crippen molar-refractivity contribution >= 4 is 21.4 Å². The molecule has 0 saturated carbocycles. The highest BCUT2D eigenvalue weighted by Gasteiger charge is 2.32. The van der Waals surface area contributed by atoms with Crippen molar-refractivity contribution in [3.05, 3.63) is 29.6 Å². The summed E-state index contributed by atoms with van der Waals surface area (Å²) in [5.41, 5.74) is -0.455. The fourth-order valence-corrected chi connectivity index (χ4v) is 4.32.